The Morgan fingerprint density at radius 2 is 2.04 bits per heavy atom. The Hall–Kier alpha value is -3.46. The van der Waals surface area contributed by atoms with Gasteiger partial charge in [-0.2, -0.15) is 10.4 Å². The maximum Gasteiger partial charge on any atom is 0.251 e. The third kappa shape index (κ3) is 3.31. The molecule has 6 heteroatoms. The number of nitrogens with zero attached hydrogens (tertiary/aromatic N) is 4. The Morgan fingerprint density at radius 1 is 1.25 bits per heavy atom. The average molecular weight is 317 g/mol. The molecule has 0 radical (unpaired) electrons. The first kappa shape index (κ1) is 15.4. The summed E-state index contributed by atoms with van der Waals surface area (Å²) >= 11 is 0. The van der Waals surface area contributed by atoms with Gasteiger partial charge in [-0.1, -0.05) is 18.2 Å². The molecule has 0 saturated carbocycles. The highest BCUT2D eigenvalue weighted by atomic mass is 16.1. The molecule has 0 aliphatic heterocycles. The maximum absolute atomic E-state index is 12.3. The van der Waals surface area contributed by atoms with Crippen molar-refractivity contribution in [3.8, 4) is 11.8 Å². The summed E-state index contributed by atoms with van der Waals surface area (Å²) in [6.45, 7) is 1.91. The van der Waals surface area contributed by atoms with E-state index in [0.717, 1.165) is 11.3 Å². The van der Waals surface area contributed by atoms with Crippen molar-refractivity contribution in [2.45, 2.75) is 13.0 Å². The van der Waals surface area contributed by atoms with E-state index in [-0.39, 0.29) is 11.9 Å². The summed E-state index contributed by atoms with van der Waals surface area (Å²) < 4.78 is 1.67. The number of hydrogen-bond donors (Lipinski definition) is 1. The standard InChI is InChI=1S/C18H15N5O/c1-13(22-18(24)16-4-2-3-14(9-16)10-19)15-5-7-17(8-6-15)23-12-20-11-21-23/h2-9,11-13H,1H3,(H,22,24)/t13-/m1/s1. The Bertz CT molecular complexity index is 879. The van der Waals surface area contributed by atoms with Gasteiger partial charge in [0.1, 0.15) is 12.7 Å². The van der Waals surface area contributed by atoms with Gasteiger partial charge in [-0.25, -0.2) is 9.67 Å². The quantitative estimate of drug-likeness (QED) is 0.801. The number of rotatable bonds is 4. The van der Waals surface area contributed by atoms with Crippen molar-refractivity contribution >= 4 is 5.91 Å². The molecular weight excluding hydrogens is 302 g/mol. The minimum Gasteiger partial charge on any atom is -0.346 e. The molecule has 3 rings (SSSR count). The molecule has 1 aromatic heterocycles. The van der Waals surface area contributed by atoms with E-state index in [1.54, 1.807) is 35.3 Å². The number of carbonyl (C=O) groups is 1. The van der Waals surface area contributed by atoms with Gasteiger partial charge >= 0.3 is 0 Å². The Balaban J connectivity index is 1.71. The van der Waals surface area contributed by atoms with Crippen LogP contribution in [0.5, 0.6) is 0 Å². The molecule has 0 aliphatic carbocycles. The summed E-state index contributed by atoms with van der Waals surface area (Å²) in [7, 11) is 0. The molecule has 0 aliphatic rings. The van der Waals surface area contributed by atoms with Gasteiger partial charge in [-0.15, -0.1) is 0 Å². The number of nitrogens with one attached hydrogen (secondary N) is 1. The van der Waals surface area contributed by atoms with Crippen LogP contribution < -0.4 is 5.32 Å². The summed E-state index contributed by atoms with van der Waals surface area (Å²) in [4.78, 5) is 16.2. The lowest BCUT2D eigenvalue weighted by Crippen LogP contribution is -2.26. The van der Waals surface area contributed by atoms with E-state index in [1.165, 1.54) is 6.33 Å². The highest BCUT2D eigenvalue weighted by Gasteiger charge is 2.12. The molecule has 6 nitrogen and oxygen atoms in total. The molecule has 0 unspecified atom stereocenters. The van der Waals surface area contributed by atoms with E-state index < -0.39 is 0 Å². The largest absolute Gasteiger partial charge is 0.346 e. The molecule has 1 heterocycles. The van der Waals surface area contributed by atoms with Gasteiger partial charge in [-0.3, -0.25) is 4.79 Å². The summed E-state index contributed by atoms with van der Waals surface area (Å²) in [6.07, 6.45) is 3.11. The molecular formula is C18H15N5O. The molecule has 0 bridgehead atoms. The minimum absolute atomic E-state index is 0.159. The van der Waals surface area contributed by atoms with E-state index in [0.29, 0.717) is 11.1 Å². The van der Waals surface area contributed by atoms with E-state index in [2.05, 4.69) is 15.4 Å². The lowest BCUT2D eigenvalue weighted by atomic mass is 10.1. The molecule has 1 amide bonds. The van der Waals surface area contributed by atoms with Gasteiger partial charge in [0.2, 0.25) is 0 Å². The number of amides is 1. The van der Waals surface area contributed by atoms with Crippen molar-refractivity contribution in [3.05, 3.63) is 77.9 Å². The summed E-state index contributed by atoms with van der Waals surface area (Å²) in [5.74, 6) is -0.208. The van der Waals surface area contributed by atoms with Gasteiger partial charge in [0.15, 0.2) is 0 Å². The Morgan fingerprint density at radius 3 is 2.71 bits per heavy atom. The summed E-state index contributed by atoms with van der Waals surface area (Å²) in [5.41, 5.74) is 2.81. The fourth-order valence-corrected chi connectivity index (χ4v) is 2.35. The van der Waals surface area contributed by atoms with Crippen LogP contribution in [0.2, 0.25) is 0 Å². The fourth-order valence-electron chi connectivity index (χ4n) is 2.35. The second-order valence-electron chi connectivity index (χ2n) is 5.32. The van der Waals surface area contributed by atoms with E-state index >= 15 is 0 Å². The van der Waals surface area contributed by atoms with Crippen molar-refractivity contribution in [1.29, 1.82) is 5.26 Å². The predicted octanol–water partition coefficient (Wildman–Crippen LogP) is 2.63. The molecule has 2 aromatic carbocycles. The van der Waals surface area contributed by atoms with Crippen molar-refractivity contribution in [2.75, 3.05) is 0 Å². The lowest BCUT2D eigenvalue weighted by Gasteiger charge is -2.15. The number of aromatic nitrogens is 3. The highest BCUT2D eigenvalue weighted by Crippen LogP contribution is 2.16. The monoisotopic (exact) mass is 317 g/mol. The number of carbonyl (C=O) groups excluding carboxylic acids is 1. The number of nitriles is 1. The van der Waals surface area contributed by atoms with Gasteiger partial charge in [0.25, 0.3) is 5.91 Å². The van der Waals surface area contributed by atoms with Crippen molar-refractivity contribution in [3.63, 3.8) is 0 Å². The van der Waals surface area contributed by atoms with Gasteiger partial charge in [0.05, 0.1) is 23.4 Å². The second-order valence-corrected chi connectivity index (χ2v) is 5.32. The molecule has 1 atom stereocenters. The number of hydrogen-bond acceptors (Lipinski definition) is 4. The molecule has 0 spiro atoms. The zero-order chi connectivity index (χ0) is 16.9. The van der Waals surface area contributed by atoms with Gasteiger partial charge < -0.3 is 5.32 Å². The van der Waals surface area contributed by atoms with E-state index in [4.69, 9.17) is 5.26 Å². The molecule has 0 saturated heterocycles. The van der Waals surface area contributed by atoms with Crippen LogP contribution in [0.25, 0.3) is 5.69 Å². The van der Waals surface area contributed by atoms with Crippen LogP contribution in [0.15, 0.2) is 61.2 Å². The van der Waals surface area contributed by atoms with Crippen molar-refractivity contribution in [1.82, 2.24) is 20.1 Å². The van der Waals surface area contributed by atoms with E-state index in [1.807, 2.05) is 37.3 Å². The van der Waals surface area contributed by atoms with E-state index in [9.17, 15) is 4.79 Å². The van der Waals surface area contributed by atoms with Gasteiger partial charge in [0, 0.05) is 5.56 Å². The molecule has 0 fully saturated rings. The second kappa shape index (κ2) is 6.75. The van der Waals surface area contributed by atoms with Crippen LogP contribution in [0, 0.1) is 11.3 Å². The minimum atomic E-state index is -0.208. The van der Waals surface area contributed by atoms with Crippen molar-refractivity contribution in [2.24, 2.45) is 0 Å². The average Bonchev–Trinajstić information content (AvgIpc) is 3.16. The third-order valence-corrected chi connectivity index (χ3v) is 3.68. The number of benzene rings is 2. The molecule has 24 heavy (non-hydrogen) atoms. The fraction of sp³-hybridized carbons (Fsp3) is 0.111. The first-order valence-electron chi connectivity index (χ1n) is 7.43. The van der Waals surface area contributed by atoms with Crippen LogP contribution in [0.3, 0.4) is 0 Å². The predicted molar refractivity (Wildman–Crippen MR) is 88.4 cm³/mol. The normalized spacial score (nSPS) is 11.5. The first-order chi connectivity index (χ1) is 11.7. The SMILES string of the molecule is C[C@@H](NC(=O)c1cccc(C#N)c1)c1ccc(-n2cncn2)cc1. The third-order valence-electron chi connectivity index (χ3n) is 3.68. The molecule has 3 aromatic rings. The van der Waals surface area contributed by atoms with Crippen LogP contribution in [-0.2, 0) is 0 Å². The van der Waals surface area contributed by atoms with Gasteiger partial charge in [-0.05, 0) is 42.8 Å². The topological polar surface area (TPSA) is 83.6 Å². The lowest BCUT2D eigenvalue weighted by molar-refractivity contribution is 0.0940. The van der Waals surface area contributed by atoms with Crippen LogP contribution in [-0.4, -0.2) is 20.7 Å². The molecule has 1 N–H and O–H groups in total. The summed E-state index contributed by atoms with van der Waals surface area (Å²) in [5, 5.41) is 15.9. The molecule has 118 valence electrons. The van der Waals surface area contributed by atoms with Crippen LogP contribution in [0.1, 0.15) is 34.5 Å². The van der Waals surface area contributed by atoms with Crippen LogP contribution >= 0.6 is 0 Å². The zero-order valence-corrected chi connectivity index (χ0v) is 13.0. The Kier molecular flexibility index (Phi) is 4.34. The smallest absolute Gasteiger partial charge is 0.251 e. The summed E-state index contributed by atoms with van der Waals surface area (Å²) in [6, 6.07) is 16.2. The maximum atomic E-state index is 12.3. The first-order valence-corrected chi connectivity index (χ1v) is 7.43. The highest BCUT2D eigenvalue weighted by molar-refractivity contribution is 5.94. The zero-order valence-electron chi connectivity index (χ0n) is 13.0. The van der Waals surface area contributed by atoms with Crippen molar-refractivity contribution < 1.29 is 4.79 Å². The Labute approximate surface area is 139 Å². The van der Waals surface area contributed by atoms with Crippen LogP contribution in [0.4, 0.5) is 0 Å².